The van der Waals surface area contributed by atoms with E-state index in [0.29, 0.717) is 0 Å². The van der Waals surface area contributed by atoms with Crippen molar-refractivity contribution in [2.45, 2.75) is 64.0 Å². The molecule has 0 aromatic rings. The lowest BCUT2D eigenvalue weighted by Gasteiger charge is -2.33. The van der Waals surface area contributed by atoms with Gasteiger partial charge in [-0.1, -0.05) is 12.8 Å². The summed E-state index contributed by atoms with van der Waals surface area (Å²) in [6.07, 6.45) is 5.99. The Kier molecular flexibility index (Phi) is 5.90. The molecule has 1 N–H and O–H groups in total. The first-order valence-electron chi connectivity index (χ1n) is 6.85. The van der Waals surface area contributed by atoms with E-state index in [4.69, 9.17) is 9.47 Å². The standard InChI is InChI=1S/C14H29NO2/c1-13(2,3)15-12-14(8-5-6-9-14)17-11-7-10-16-4/h15H,5-12H2,1-4H3. The Morgan fingerprint density at radius 3 is 2.29 bits per heavy atom. The molecule has 1 fully saturated rings. The Morgan fingerprint density at radius 2 is 1.76 bits per heavy atom. The van der Waals surface area contributed by atoms with Crippen molar-refractivity contribution in [3.8, 4) is 0 Å². The van der Waals surface area contributed by atoms with Gasteiger partial charge in [-0.15, -0.1) is 0 Å². The number of rotatable bonds is 7. The van der Waals surface area contributed by atoms with Gasteiger partial charge in [0.2, 0.25) is 0 Å². The zero-order chi connectivity index (χ0) is 12.8. The van der Waals surface area contributed by atoms with Crippen LogP contribution in [0.15, 0.2) is 0 Å². The Bertz CT molecular complexity index is 205. The molecular formula is C14H29NO2. The molecule has 0 aliphatic heterocycles. The highest BCUT2D eigenvalue weighted by molar-refractivity contribution is 4.90. The quantitative estimate of drug-likeness (QED) is 0.697. The fourth-order valence-corrected chi connectivity index (χ4v) is 2.31. The van der Waals surface area contributed by atoms with Gasteiger partial charge in [-0.2, -0.15) is 0 Å². The van der Waals surface area contributed by atoms with Crippen LogP contribution in [0.4, 0.5) is 0 Å². The zero-order valence-electron chi connectivity index (χ0n) is 12.0. The fraction of sp³-hybridized carbons (Fsp3) is 1.00. The Balaban J connectivity index is 2.34. The number of hydrogen-bond acceptors (Lipinski definition) is 3. The van der Waals surface area contributed by atoms with Crippen molar-refractivity contribution in [2.75, 3.05) is 26.9 Å². The van der Waals surface area contributed by atoms with Crippen molar-refractivity contribution in [3.05, 3.63) is 0 Å². The van der Waals surface area contributed by atoms with Crippen LogP contribution in [0.5, 0.6) is 0 Å². The summed E-state index contributed by atoms with van der Waals surface area (Å²) in [5.41, 5.74) is 0.256. The van der Waals surface area contributed by atoms with Gasteiger partial charge in [0.25, 0.3) is 0 Å². The molecule has 0 amide bonds. The second-order valence-corrected chi connectivity index (χ2v) is 6.19. The van der Waals surface area contributed by atoms with E-state index in [0.717, 1.165) is 26.2 Å². The highest BCUT2D eigenvalue weighted by Gasteiger charge is 2.35. The minimum atomic E-state index is 0.0843. The van der Waals surface area contributed by atoms with Crippen molar-refractivity contribution in [1.29, 1.82) is 0 Å². The average molecular weight is 243 g/mol. The molecule has 1 saturated carbocycles. The Hall–Kier alpha value is -0.120. The summed E-state index contributed by atoms with van der Waals surface area (Å²) in [6.45, 7) is 9.22. The average Bonchev–Trinajstić information content (AvgIpc) is 2.71. The van der Waals surface area contributed by atoms with Crippen molar-refractivity contribution >= 4 is 0 Å². The fourth-order valence-electron chi connectivity index (χ4n) is 2.31. The second kappa shape index (κ2) is 6.72. The molecule has 0 heterocycles. The lowest BCUT2D eigenvalue weighted by molar-refractivity contribution is -0.0481. The molecule has 0 bridgehead atoms. The van der Waals surface area contributed by atoms with Crippen LogP contribution in [0, 0.1) is 0 Å². The summed E-state index contributed by atoms with van der Waals surface area (Å²) in [5.74, 6) is 0. The molecule has 1 rings (SSSR count). The summed E-state index contributed by atoms with van der Waals surface area (Å²) in [4.78, 5) is 0. The van der Waals surface area contributed by atoms with Crippen LogP contribution in [0.25, 0.3) is 0 Å². The number of hydrogen-bond donors (Lipinski definition) is 1. The van der Waals surface area contributed by atoms with Crippen LogP contribution >= 0.6 is 0 Å². The van der Waals surface area contributed by atoms with E-state index in [1.807, 2.05) is 0 Å². The van der Waals surface area contributed by atoms with Crippen LogP contribution in [0.2, 0.25) is 0 Å². The third kappa shape index (κ3) is 5.84. The van der Waals surface area contributed by atoms with E-state index in [-0.39, 0.29) is 11.1 Å². The SMILES string of the molecule is COCCCOC1(CNC(C)(C)C)CCCC1. The van der Waals surface area contributed by atoms with E-state index >= 15 is 0 Å². The normalized spacial score (nSPS) is 19.8. The summed E-state index contributed by atoms with van der Waals surface area (Å²) in [7, 11) is 1.74. The maximum Gasteiger partial charge on any atom is 0.0806 e. The monoisotopic (exact) mass is 243 g/mol. The summed E-state index contributed by atoms with van der Waals surface area (Å²) in [5, 5.41) is 3.59. The number of ether oxygens (including phenoxy) is 2. The van der Waals surface area contributed by atoms with Gasteiger partial charge in [-0.25, -0.2) is 0 Å². The topological polar surface area (TPSA) is 30.5 Å². The highest BCUT2D eigenvalue weighted by Crippen LogP contribution is 2.33. The van der Waals surface area contributed by atoms with E-state index in [9.17, 15) is 0 Å². The third-order valence-corrected chi connectivity index (χ3v) is 3.36. The second-order valence-electron chi connectivity index (χ2n) is 6.19. The van der Waals surface area contributed by atoms with Gasteiger partial charge in [0.1, 0.15) is 0 Å². The van der Waals surface area contributed by atoms with E-state index < -0.39 is 0 Å². The summed E-state index contributed by atoms with van der Waals surface area (Å²) < 4.78 is 11.2. The van der Waals surface area contributed by atoms with Gasteiger partial charge in [0.05, 0.1) is 5.60 Å². The van der Waals surface area contributed by atoms with Crippen LogP contribution in [0.1, 0.15) is 52.9 Å². The molecule has 0 radical (unpaired) electrons. The Morgan fingerprint density at radius 1 is 1.12 bits per heavy atom. The molecule has 0 atom stereocenters. The molecular weight excluding hydrogens is 214 g/mol. The number of nitrogens with one attached hydrogen (secondary N) is 1. The van der Waals surface area contributed by atoms with E-state index in [1.165, 1.54) is 25.7 Å². The molecule has 0 spiro atoms. The van der Waals surface area contributed by atoms with E-state index in [2.05, 4.69) is 26.1 Å². The molecule has 102 valence electrons. The molecule has 3 nitrogen and oxygen atoms in total. The molecule has 0 aromatic heterocycles. The van der Waals surface area contributed by atoms with Crippen LogP contribution in [-0.4, -0.2) is 38.0 Å². The van der Waals surface area contributed by atoms with Crippen LogP contribution in [0.3, 0.4) is 0 Å². The Labute approximate surface area is 106 Å². The van der Waals surface area contributed by atoms with Crippen LogP contribution < -0.4 is 5.32 Å². The molecule has 3 heteroatoms. The van der Waals surface area contributed by atoms with Gasteiger partial charge in [-0.3, -0.25) is 0 Å². The molecule has 1 aliphatic rings. The minimum absolute atomic E-state index is 0.0843. The predicted octanol–water partition coefficient (Wildman–Crippen LogP) is 2.74. The summed E-state index contributed by atoms with van der Waals surface area (Å²) >= 11 is 0. The third-order valence-electron chi connectivity index (χ3n) is 3.36. The van der Waals surface area contributed by atoms with Crippen molar-refractivity contribution in [1.82, 2.24) is 5.32 Å². The van der Waals surface area contributed by atoms with Crippen molar-refractivity contribution in [2.24, 2.45) is 0 Å². The zero-order valence-corrected chi connectivity index (χ0v) is 12.0. The largest absolute Gasteiger partial charge is 0.385 e. The molecule has 1 aliphatic carbocycles. The molecule has 0 aromatic carbocycles. The molecule has 17 heavy (non-hydrogen) atoms. The molecule has 0 unspecified atom stereocenters. The van der Waals surface area contributed by atoms with Crippen LogP contribution in [-0.2, 0) is 9.47 Å². The maximum atomic E-state index is 6.15. The van der Waals surface area contributed by atoms with Gasteiger partial charge in [0.15, 0.2) is 0 Å². The summed E-state index contributed by atoms with van der Waals surface area (Å²) in [6, 6.07) is 0. The van der Waals surface area contributed by atoms with Crippen molar-refractivity contribution < 1.29 is 9.47 Å². The number of methoxy groups -OCH3 is 1. The first kappa shape index (κ1) is 14.9. The first-order chi connectivity index (χ1) is 7.97. The van der Waals surface area contributed by atoms with Gasteiger partial charge < -0.3 is 14.8 Å². The first-order valence-corrected chi connectivity index (χ1v) is 6.85. The lowest BCUT2D eigenvalue weighted by atomic mass is 9.99. The molecule has 0 saturated heterocycles. The maximum absolute atomic E-state index is 6.15. The van der Waals surface area contributed by atoms with Gasteiger partial charge in [0, 0.05) is 32.4 Å². The highest BCUT2D eigenvalue weighted by atomic mass is 16.5. The van der Waals surface area contributed by atoms with Gasteiger partial charge in [-0.05, 0) is 40.0 Å². The van der Waals surface area contributed by atoms with Gasteiger partial charge >= 0.3 is 0 Å². The van der Waals surface area contributed by atoms with E-state index in [1.54, 1.807) is 7.11 Å². The lowest BCUT2D eigenvalue weighted by Crippen LogP contribution is -2.48. The smallest absolute Gasteiger partial charge is 0.0806 e. The minimum Gasteiger partial charge on any atom is -0.385 e. The predicted molar refractivity (Wildman–Crippen MR) is 71.4 cm³/mol. The van der Waals surface area contributed by atoms with Crippen molar-refractivity contribution in [3.63, 3.8) is 0 Å².